The van der Waals surface area contributed by atoms with Crippen molar-refractivity contribution >= 4 is 0 Å². The van der Waals surface area contributed by atoms with E-state index in [4.69, 9.17) is 5.84 Å². The topological polar surface area (TPSA) is 29.3 Å². The number of rotatable bonds is 0. The fourth-order valence-electron chi connectivity index (χ4n) is 1.83. The lowest BCUT2D eigenvalue weighted by atomic mass is 9.96. The third-order valence-electron chi connectivity index (χ3n) is 2.65. The Labute approximate surface area is 56.0 Å². The highest BCUT2D eigenvalue weighted by atomic mass is 15.4. The van der Waals surface area contributed by atoms with Gasteiger partial charge >= 0.3 is 0 Å². The molecule has 52 valence electrons. The minimum atomic E-state index is 0.701. The molecule has 1 spiro atoms. The van der Waals surface area contributed by atoms with Crippen molar-refractivity contribution in [1.82, 2.24) is 5.01 Å². The number of hydrogen-bond acceptors (Lipinski definition) is 2. The van der Waals surface area contributed by atoms with Gasteiger partial charge in [-0.2, -0.15) is 0 Å². The van der Waals surface area contributed by atoms with Crippen LogP contribution in [-0.4, -0.2) is 18.1 Å². The van der Waals surface area contributed by atoms with Gasteiger partial charge in [-0.05, 0) is 31.1 Å². The largest absolute Gasteiger partial charge is 0.269 e. The van der Waals surface area contributed by atoms with Crippen molar-refractivity contribution in [2.75, 3.05) is 13.1 Å². The first-order valence-corrected chi connectivity index (χ1v) is 3.80. The zero-order chi connectivity index (χ0) is 6.32. The Bertz CT molecular complexity index is 118. The molecular formula is C7H14N2. The molecule has 2 heteroatoms. The summed E-state index contributed by atoms with van der Waals surface area (Å²) in [5.74, 6) is 5.68. The second-order valence-electron chi connectivity index (χ2n) is 3.57. The number of hydrogen-bond donors (Lipinski definition) is 1. The molecule has 2 N–H and O–H groups in total. The van der Waals surface area contributed by atoms with Crippen LogP contribution in [0.4, 0.5) is 0 Å². The number of nitrogens with zero attached hydrogens (tertiary/aromatic N) is 1. The second kappa shape index (κ2) is 1.70. The van der Waals surface area contributed by atoms with E-state index in [1.165, 1.54) is 25.7 Å². The third-order valence-corrected chi connectivity index (χ3v) is 2.65. The first-order valence-electron chi connectivity index (χ1n) is 3.80. The van der Waals surface area contributed by atoms with Gasteiger partial charge in [0.05, 0.1) is 0 Å². The molecule has 2 nitrogen and oxygen atoms in total. The van der Waals surface area contributed by atoms with Crippen molar-refractivity contribution in [3.63, 3.8) is 0 Å². The molecule has 0 aromatic carbocycles. The van der Waals surface area contributed by atoms with Crippen LogP contribution in [0.3, 0.4) is 0 Å². The second-order valence-corrected chi connectivity index (χ2v) is 3.57. The van der Waals surface area contributed by atoms with Gasteiger partial charge < -0.3 is 0 Å². The van der Waals surface area contributed by atoms with E-state index in [2.05, 4.69) is 0 Å². The lowest BCUT2D eigenvalue weighted by Crippen LogP contribution is -2.41. The maximum absolute atomic E-state index is 5.68. The fourth-order valence-corrected chi connectivity index (χ4v) is 1.83. The van der Waals surface area contributed by atoms with Crippen molar-refractivity contribution in [2.24, 2.45) is 11.3 Å². The normalized spacial score (nSPS) is 33.0. The molecular weight excluding hydrogens is 112 g/mol. The highest BCUT2D eigenvalue weighted by Crippen LogP contribution is 2.51. The maximum Gasteiger partial charge on any atom is 0.0185 e. The Morgan fingerprint density at radius 1 is 1.22 bits per heavy atom. The predicted octanol–water partition coefficient (Wildman–Crippen LogP) is 0.736. The molecule has 0 bridgehead atoms. The molecule has 9 heavy (non-hydrogen) atoms. The number of piperidine rings is 1. The summed E-state index contributed by atoms with van der Waals surface area (Å²) in [7, 11) is 0. The molecule has 0 amide bonds. The van der Waals surface area contributed by atoms with Gasteiger partial charge in [0.2, 0.25) is 0 Å². The van der Waals surface area contributed by atoms with Crippen LogP contribution in [-0.2, 0) is 0 Å². The summed E-state index contributed by atoms with van der Waals surface area (Å²) < 4.78 is 0. The van der Waals surface area contributed by atoms with Crippen LogP contribution in [0.15, 0.2) is 0 Å². The van der Waals surface area contributed by atoms with Crippen molar-refractivity contribution in [3.05, 3.63) is 0 Å². The summed E-state index contributed by atoms with van der Waals surface area (Å²) >= 11 is 0. The predicted molar refractivity (Wildman–Crippen MR) is 36.7 cm³/mol. The molecule has 1 aliphatic carbocycles. The van der Waals surface area contributed by atoms with E-state index >= 15 is 0 Å². The quantitative estimate of drug-likeness (QED) is 0.485. The van der Waals surface area contributed by atoms with Gasteiger partial charge in [0.15, 0.2) is 0 Å². The minimum Gasteiger partial charge on any atom is -0.269 e. The Morgan fingerprint density at radius 3 is 2.44 bits per heavy atom. The summed E-state index contributed by atoms with van der Waals surface area (Å²) in [6.07, 6.45) is 5.61. The Balaban J connectivity index is 1.96. The summed E-state index contributed by atoms with van der Waals surface area (Å²) in [5, 5.41) is 1.98. The Hall–Kier alpha value is -0.0800. The smallest absolute Gasteiger partial charge is 0.0185 e. The van der Waals surface area contributed by atoms with Gasteiger partial charge in [0.1, 0.15) is 0 Å². The zero-order valence-electron chi connectivity index (χ0n) is 5.77. The molecule has 2 aliphatic rings. The molecule has 0 aromatic heterocycles. The van der Waals surface area contributed by atoms with Gasteiger partial charge in [-0.1, -0.05) is 0 Å². The summed E-state index contributed by atoms with van der Waals surface area (Å²) in [6, 6.07) is 0. The van der Waals surface area contributed by atoms with E-state index in [-0.39, 0.29) is 0 Å². The molecule has 1 heterocycles. The van der Waals surface area contributed by atoms with Gasteiger partial charge in [0.25, 0.3) is 0 Å². The molecule has 0 atom stereocenters. The van der Waals surface area contributed by atoms with Crippen LogP contribution < -0.4 is 5.84 Å². The standard InChI is InChI=1S/C7H14N2/c8-9-5-1-2-7(6-9)3-4-7/h1-6,8H2. The highest BCUT2D eigenvalue weighted by molar-refractivity contribution is 4.96. The van der Waals surface area contributed by atoms with Crippen LogP contribution in [0, 0.1) is 5.41 Å². The first kappa shape index (κ1) is 5.69. The molecule has 0 radical (unpaired) electrons. The fraction of sp³-hybridized carbons (Fsp3) is 1.00. The van der Waals surface area contributed by atoms with E-state index in [9.17, 15) is 0 Å². The van der Waals surface area contributed by atoms with Crippen LogP contribution >= 0.6 is 0 Å². The average Bonchev–Trinajstić information content (AvgIpc) is 2.49. The molecule has 2 fully saturated rings. The molecule has 1 saturated heterocycles. The maximum atomic E-state index is 5.68. The number of nitrogens with two attached hydrogens (primary N) is 1. The summed E-state index contributed by atoms with van der Waals surface area (Å²) in [5.41, 5.74) is 0.701. The average molecular weight is 126 g/mol. The highest BCUT2D eigenvalue weighted by Gasteiger charge is 2.44. The van der Waals surface area contributed by atoms with Crippen molar-refractivity contribution in [3.8, 4) is 0 Å². The van der Waals surface area contributed by atoms with Crippen LogP contribution in [0.25, 0.3) is 0 Å². The molecule has 0 aromatic rings. The van der Waals surface area contributed by atoms with Crippen molar-refractivity contribution in [1.29, 1.82) is 0 Å². The monoisotopic (exact) mass is 126 g/mol. The molecule has 0 unspecified atom stereocenters. The SMILES string of the molecule is NN1CCCC2(CC2)C1. The minimum absolute atomic E-state index is 0.701. The molecule has 1 aliphatic heterocycles. The van der Waals surface area contributed by atoms with Gasteiger partial charge in [-0.25, -0.2) is 5.01 Å². The third kappa shape index (κ3) is 0.970. The Morgan fingerprint density at radius 2 is 2.00 bits per heavy atom. The zero-order valence-corrected chi connectivity index (χ0v) is 5.77. The van der Waals surface area contributed by atoms with Crippen molar-refractivity contribution < 1.29 is 0 Å². The van der Waals surface area contributed by atoms with Crippen LogP contribution in [0.5, 0.6) is 0 Å². The van der Waals surface area contributed by atoms with E-state index in [1.807, 2.05) is 5.01 Å². The first-order chi connectivity index (χ1) is 4.31. The van der Waals surface area contributed by atoms with Crippen LogP contribution in [0.2, 0.25) is 0 Å². The summed E-state index contributed by atoms with van der Waals surface area (Å²) in [6.45, 7) is 2.27. The van der Waals surface area contributed by atoms with Gasteiger partial charge in [0, 0.05) is 13.1 Å². The van der Waals surface area contributed by atoms with E-state index in [0.29, 0.717) is 5.41 Å². The lowest BCUT2D eigenvalue weighted by molar-refractivity contribution is 0.164. The van der Waals surface area contributed by atoms with Crippen molar-refractivity contribution in [2.45, 2.75) is 25.7 Å². The molecule has 1 saturated carbocycles. The van der Waals surface area contributed by atoms with E-state index in [0.717, 1.165) is 13.1 Å². The Kier molecular flexibility index (Phi) is 1.08. The lowest BCUT2D eigenvalue weighted by Gasteiger charge is -2.28. The van der Waals surface area contributed by atoms with Gasteiger partial charge in [-0.15, -0.1) is 0 Å². The summed E-state index contributed by atoms with van der Waals surface area (Å²) in [4.78, 5) is 0. The number of hydrazine groups is 1. The molecule has 2 rings (SSSR count). The van der Waals surface area contributed by atoms with Crippen LogP contribution in [0.1, 0.15) is 25.7 Å². The van der Waals surface area contributed by atoms with E-state index < -0.39 is 0 Å². The van der Waals surface area contributed by atoms with Gasteiger partial charge in [-0.3, -0.25) is 5.84 Å². The van der Waals surface area contributed by atoms with E-state index in [1.54, 1.807) is 0 Å².